The smallest absolute Gasteiger partial charge is 0.251 e. The molecule has 1 saturated carbocycles. The Bertz CT molecular complexity index is 675. The third-order valence-electron chi connectivity index (χ3n) is 5.27. The Labute approximate surface area is 163 Å². The standard InChI is InChI=1S/C22H28N2O.ClH/c1-24(2)21(17-11-5-3-6-12-17)19-15-9-10-16-20(19)23-22(25)18-13-7-4-8-14-18;/h3-8,11-14,19-21H,9-10,15-16H2,1-2H3,(H,23,25);1H/t19-,20+,21?;/m0./s1. The van der Waals surface area contributed by atoms with Crippen molar-refractivity contribution in [2.45, 2.75) is 37.8 Å². The van der Waals surface area contributed by atoms with Crippen LogP contribution in [-0.4, -0.2) is 30.9 Å². The van der Waals surface area contributed by atoms with E-state index in [2.05, 4.69) is 54.6 Å². The summed E-state index contributed by atoms with van der Waals surface area (Å²) in [5, 5.41) is 3.32. The molecule has 1 amide bonds. The monoisotopic (exact) mass is 372 g/mol. The lowest BCUT2D eigenvalue weighted by molar-refractivity contribution is 0.0845. The van der Waals surface area contributed by atoms with Gasteiger partial charge in [-0.05, 0) is 50.6 Å². The van der Waals surface area contributed by atoms with Crippen molar-refractivity contribution in [3.8, 4) is 0 Å². The number of nitrogens with zero attached hydrogens (tertiary/aromatic N) is 1. The van der Waals surface area contributed by atoms with E-state index in [1.54, 1.807) is 0 Å². The van der Waals surface area contributed by atoms with Crippen molar-refractivity contribution < 1.29 is 4.79 Å². The minimum Gasteiger partial charge on any atom is -0.349 e. The SMILES string of the molecule is CN(C)C(c1ccccc1)[C@H]1CCCC[C@H]1NC(=O)c1ccccc1.Cl. The van der Waals surface area contributed by atoms with E-state index in [4.69, 9.17) is 0 Å². The highest BCUT2D eigenvalue weighted by molar-refractivity contribution is 5.94. The van der Waals surface area contributed by atoms with Crippen LogP contribution in [0.2, 0.25) is 0 Å². The molecule has 2 aromatic carbocycles. The second-order valence-electron chi connectivity index (χ2n) is 7.21. The van der Waals surface area contributed by atoms with Gasteiger partial charge in [0, 0.05) is 17.6 Å². The van der Waals surface area contributed by atoms with Gasteiger partial charge in [0.15, 0.2) is 0 Å². The lowest BCUT2D eigenvalue weighted by Crippen LogP contribution is -2.46. The third-order valence-corrected chi connectivity index (χ3v) is 5.27. The first kappa shape index (κ1) is 20.5. The van der Waals surface area contributed by atoms with Gasteiger partial charge in [-0.25, -0.2) is 0 Å². The number of hydrogen-bond acceptors (Lipinski definition) is 2. The number of carbonyl (C=O) groups excluding carboxylic acids is 1. The minimum absolute atomic E-state index is 0. The molecule has 2 aromatic rings. The Morgan fingerprint density at radius 1 is 0.962 bits per heavy atom. The summed E-state index contributed by atoms with van der Waals surface area (Å²) in [6.07, 6.45) is 4.63. The number of hydrogen-bond donors (Lipinski definition) is 1. The molecule has 4 heteroatoms. The Morgan fingerprint density at radius 2 is 1.54 bits per heavy atom. The fraction of sp³-hybridized carbons (Fsp3) is 0.409. The number of benzene rings is 2. The molecular weight excluding hydrogens is 344 g/mol. The molecule has 26 heavy (non-hydrogen) atoms. The summed E-state index contributed by atoms with van der Waals surface area (Å²) >= 11 is 0. The summed E-state index contributed by atoms with van der Waals surface area (Å²) < 4.78 is 0. The van der Waals surface area contributed by atoms with E-state index in [-0.39, 0.29) is 24.4 Å². The molecular formula is C22H29ClN2O. The summed E-state index contributed by atoms with van der Waals surface area (Å²) in [5.41, 5.74) is 2.08. The first-order chi connectivity index (χ1) is 12.2. The summed E-state index contributed by atoms with van der Waals surface area (Å²) in [5.74, 6) is 0.474. The molecule has 3 atom stereocenters. The highest BCUT2D eigenvalue weighted by Gasteiger charge is 2.34. The number of carbonyl (C=O) groups is 1. The highest BCUT2D eigenvalue weighted by atomic mass is 35.5. The average molecular weight is 373 g/mol. The second-order valence-corrected chi connectivity index (χ2v) is 7.21. The Balaban J connectivity index is 0.00000243. The van der Waals surface area contributed by atoms with Gasteiger partial charge in [0.05, 0.1) is 0 Å². The van der Waals surface area contributed by atoms with Crippen LogP contribution in [-0.2, 0) is 0 Å². The van der Waals surface area contributed by atoms with Crippen molar-refractivity contribution in [2.24, 2.45) is 5.92 Å². The van der Waals surface area contributed by atoms with E-state index in [9.17, 15) is 4.79 Å². The van der Waals surface area contributed by atoms with Crippen molar-refractivity contribution in [2.75, 3.05) is 14.1 Å². The molecule has 0 heterocycles. The number of halogens is 1. The highest BCUT2D eigenvalue weighted by Crippen LogP contribution is 2.37. The zero-order valence-corrected chi connectivity index (χ0v) is 16.4. The molecule has 0 saturated heterocycles. The predicted octanol–water partition coefficient (Wildman–Crippen LogP) is 4.70. The van der Waals surface area contributed by atoms with E-state index < -0.39 is 0 Å². The van der Waals surface area contributed by atoms with Gasteiger partial charge in [0.25, 0.3) is 5.91 Å². The molecule has 140 valence electrons. The maximum Gasteiger partial charge on any atom is 0.251 e. The van der Waals surface area contributed by atoms with E-state index in [1.165, 1.54) is 18.4 Å². The first-order valence-corrected chi connectivity index (χ1v) is 9.24. The van der Waals surface area contributed by atoms with Gasteiger partial charge in [0.1, 0.15) is 0 Å². The normalized spacial score (nSPS) is 20.9. The topological polar surface area (TPSA) is 32.3 Å². The predicted molar refractivity (Wildman–Crippen MR) is 110 cm³/mol. The molecule has 1 fully saturated rings. The molecule has 1 aliphatic carbocycles. The van der Waals surface area contributed by atoms with Gasteiger partial charge in [0.2, 0.25) is 0 Å². The molecule has 0 bridgehead atoms. The Kier molecular flexibility index (Phi) is 7.67. The molecule has 1 aliphatic rings. The van der Waals surface area contributed by atoms with E-state index in [1.807, 2.05) is 30.3 Å². The van der Waals surface area contributed by atoms with E-state index in [0.717, 1.165) is 18.4 Å². The van der Waals surface area contributed by atoms with Crippen LogP contribution in [0.4, 0.5) is 0 Å². The first-order valence-electron chi connectivity index (χ1n) is 9.24. The van der Waals surface area contributed by atoms with Gasteiger partial charge in [-0.2, -0.15) is 0 Å². The number of nitrogens with one attached hydrogen (secondary N) is 1. The van der Waals surface area contributed by atoms with Crippen molar-refractivity contribution in [1.29, 1.82) is 0 Å². The van der Waals surface area contributed by atoms with Crippen LogP contribution in [0, 0.1) is 5.92 Å². The van der Waals surface area contributed by atoms with Crippen LogP contribution in [0.5, 0.6) is 0 Å². The van der Waals surface area contributed by atoms with E-state index in [0.29, 0.717) is 12.0 Å². The molecule has 0 aliphatic heterocycles. The van der Waals surface area contributed by atoms with Crippen molar-refractivity contribution in [3.05, 3.63) is 71.8 Å². The van der Waals surface area contributed by atoms with Crippen LogP contribution < -0.4 is 5.32 Å². The lowest BCUT2D eigenvalue weighted by atomic mass is 9.77. The molecule has 0 spiro atoms. The molecule has 1 unspecified atom stereocenters. The minimum atomic E-state index is 0. The van der Waals surface area contributed by atoms with Gasteiger partial charge in [-0.1, -0.05) is 61.4 Å². The molecule has 3 nitrogen and oxygen atoms in total. The van der Waals surface area contributed by atoms with Gasteiger partial charge < -0.3 is 10.2 Å². The summed E-state index contributed by atoms with van der Waals surface area (Å²) in [6.45, 7) is 0. The lowest BCUT2D eigenvalue weighted by Gasteiger charge is -2.40. The van der Waals surface area contributed by atoms with E-state index >= 15 is 0 Å². The van der Waals surface area contributed by atoms with Crippen LogP contribution in [0.25, 0.3) is 0 Å². The maximum absolute atomic E-state index is 12.7. The summed E-state index contributed by atoms with van der Waals surface area (Å²) in [6, 6.07) is 20.8. The van der Waals surface area contributed by atoms with Gasteiger partial charge in [-0.15, -0.1) is 12.4 Å². The third kappa shape index (κ3) is 4.87. The molecule has 0 radical (unpaired) electrons. The van der Waals surface area contributed by atoms with Crippen LogP contribution >= 0.6 is 12.4 Å². The molecule has 1 N–H and O–H groups in total. The largest absolute Gasteiger partial charge is 0.349 e. The Morgan fingerprint density at radius 3 is 2.15 bits per heavy atom. The maximum atomic E-state index is 12.7. The van der Waals surface area contributed by atoms with Crippen molar-refractivity contribution >= 4 is 18.3 Å². The summed E-state index contributed by atoms with van der Waals surface area (Å²) in [4.78, 5) is 15.0. The number of amides is 1. The zero-order chi connectivity index (χ0) is 17.6. The second kappa shape index (κ2) is 9.75. The average Bonchev–Trinajstić information content (AvgIpc) is 2.64. The summed E-state index contributed by atoms with van der Waals surface area (Å²) in [7, 11) is 4.28. The molecule has 3 rings (SSSR count). The number of rotatable bonds is 5. The van der Waals surface area contributed by atoms with Gasteiger partial charge in [-0.3, -0.25) is 4.79 Å². The van der Waals surface area contributed by atoms with Gasteiger partial charge >= 0.3 is 0 Å². The fourth-order valence-corrected chi connectivity index (χ4v) is 4.14. The van der Waals surface area contributed by atoms with Crippen molar-refractivity contribution in [1.82, 2.24) is 10.2 Å². The van der Waals surface area contributed by atoms with Crippen LogP contribution in [0.15, 0.2) is 60.7 Å². The molecule has 0 aromatic heterocycles. The van der Waals surface area contributed by atoms with Crippen LogP contribution in [0.3, 0.4) is 0 Å². The zero-order valence-electron chi connectivity index (χ0n) is 15.6. The van der Waals surface area contributed by atoms with Crippen LogP contribution in [0.1, 0.15) is 47.6 Å². The quantitative estimate of drug-likeness (QED) is 0.825. The van der Waals surface area contributed by atoms with Crippen molar-refractivity contribution in [3.63, 3.8) is 0 Å². The Hall–Kier alpha value is -1.84. The fourth-order valence-electron chi connectivity index (χ4n) is 4.14.